The highest BCUT2D eigenvalue weighted by Gasteiger charge is 2.24. The molecule has 94 valence electrons. The largest absolute Gasteiger partial charge is 0.369 e. The van der Waals surface area contributed by atoms with Crippen LogP contribution in [0.4, 0.5) is 0 Å². The van der Waals surface area contributed by atoms with Gasteiger partial charge in [0.15, 0.2) is 0 Å². The molecule has 0 fully saturated rings. The third-order valence-electron chi connectivity index (χ3n) is 2.26. The van der Waals surface area contributed by atoms with Crippen LogP contribution in [0.5, 0.6) is 0 Å². The van der Waals surface area contributed by atoms with Crippen molar-refractivity contribution >= 4 is 15.9 Å². The standard InChI is InChI=1S/C10H15N3O3S/c1-13(7-10(12)14)17(15,16)9-5-3-2-4-8(9)6-11/h2-5H,6-7,11H2,1H3,(H2,12,14). The minimum atomic E-state index is -3.72. The molecule has 0 unspecified atom stereocenters. The van der Waals surface area contributed by atoms with Crippen molar-refractivity contribution in [3.05, 3.63) is 29.8 Å². The Morgan fingerprint density at radius 1 is 1.35 bits per heavy atom. The van der Waals surface area contributed by atoms with E-state index in [2.05, 4.69) is 0 Å². The molecule has 0 radical (unpaired) electrons. The molecule has 0 aliphatic carbocycles. The van der Waals surface area contributed by atoms with Crippen LogP contribution in [-0.2, 0) is 21.4 Å². The monoisotopic (exact) mass is 257 g/mol. The van der Waals surface area contributed by atoms with E-state index in [1.807, 2.05) is 0 Å². The van der Waals surface area contributed by atoms with Crippen LogP contribution in [0, 0.1) is 0 Å². The SMILES string of the molecule is CN(CC(N)=O)S(=O)(=O)c1ccccc1CN. The quantitative estimate of drug-likeness (QED) is 0.723. The average molecular weight is 257 g/mol. The number of rotatable bonds is 5. The highest BCUT2D eigenvalue weighted by molar-refractivity contribution is 7.89. The van der Waals surface area contributed by atoms with Crippen molar-refractivity contribution in [1.82, 2.24) is 4.31 Å². The third kappa shape index (κ3) is 3.02. The maximum atomic E-state index is 12.1. The van der Waals surface area contributed by atoms with E-state index in [0.29, 0.717) is 5.56 Å². The van der Waals surface area contributed by atoms with Gasteiger partial charge in [-0.2, -0.15) is 4.31 Å². The van der Waals surface area contributed by atoms with Crippen molar-refractivity contribution in [2.75, 3.05) is 13.6 Å². The molecule has 17 heavy (non-hydrogen) atoms. The number of carbonyl (C=O) groups excluding carboxylic acids is 1. The average Bonchev–Trinajstić information content (AvgIpc) is 2.28. The van der Waals surface area contributed by atoms with E-state index in [1.54, 1.807) is 18.2 Å². The molecule has 0 aliphatic rings. The minimum Gasteiger partial charge on any atom is -0.369 e. The summed E-state index contributed by atoms with van der Waals surface area (Å²) in [6.07, 6.45) is 0. The first-order valence-electron chi connectivity index (χ1n) is 4.92. The van der Waals surface area contributed by atoms with Crippen LogP contribution in [0.1, 0.15) is 5.56 Å². The number of hydrogen-bond donors (Lipinski definition) is 2. The van der Waals surface area contributed by atoms with E-state index in [4.69, 9.17) is 11.5 Å². The molecule has 0 heterocycles. The Bertz CT molecular complexity index is 513. The Balaban J connectivity index is 3.17. The first kappa shape index (κ1) is 13.6. The summed E-state index contributed by atoms with van der Waals surface area (Å²) in [4.78, 5) is 10.8. The number of nitrogens with zero attached hydrogens (tertiary/aromatic N) is 1. The molecule has 1 aromatic rings. The van der Waals surface area contributed by atoms with E-state index in [0.717, 1.165) is 4.31 Å². The van der Waals surface area contributed by atoms with Crippen molar-refractivity contribution in [3.8, 4) is 0 Å². The van der Waals surface area contributed by atoms with Gasteiger partial charge in [-0.15, -0.1) is 0 Å². The summed E-state index contributed by atoms with van der Waals surface area (Å²) in [5, 5.41) is 0. The van der Waals surface area contributed by atoms with Gasteiger partial charge in [-0.05, 0) is 11.6 Å². The first-order chi connectivity index (χ1) is 7.89. The highest BCUT2D eigenvalue weighted by Crippen LogP contribution is 2.18. The molecular formula is C10H15N3O3S. The Labute approximate surface area is 100 Å². The smallest absolute Gasteiger partial charge is 0.243 e. The first-order valence-corrected chi connectivity index (χ1v) is 6.36. The summed E-state index contributed by atoms with van der Waals surface area (Å²) in [6, 6.07) is 6.39. The lowest BCUT2D eigenvalue weighted by molar-refractivity contribution is -0.118. The lowest BCUT2D eigenvalue weighted by Gasteiger charge is -2.17. The summed E-state index contributed by atoms with van der Waals surface area (Å²) in [5.41, 5.74) is 10.9. The van der Waals surface area contributed by atoms with Crippen molar-refractivity contribution in [3.63, 3.8) is 0 Å². The lowest BCUT2D eigenvalue weighted by atomic mass is 10.2. The Kier molecular flexibility index (Phi) is 4.22. The number of carbonyl (C=O) groups is 1. The van der Waals surface area contributed by atoms with Gasteiger partial charge < -0.3 is 11.5 Å². The number of sulfonamides is 1. The number of hydrogen-bond acceptors (Lipinski definition) is 4. The van der Waals surface area contributed by atoms with Gasteiger partial charge in [0.1, 0.15) is 0 Å². The van der Waals surface area contributed by atoms with Gasteiger partial charge in [0, 0.05) is 13.6 Å². The maximum absolute atomic E-state index is 12.1. The maximum Gasteiger partial charge on any atom is 0.243 e. The van der Waals surface area contributed by atoms with E-state index < -0.39 is 15.9 Å². The molecule has 0 spiro atoms. The van der Waals surface area contributed by atoms with Gasteiger partial charge in [-0.3, -0.25) is 4.79 Å². The zero-order valence-corrected chi connectivity index (χ0v) is 10.3. The van der Waals surface area contributed by atoms with Crippen LogP contribution in [0.3, 0.4) is 0 Å². The van der Waals surface area contributed by atoms with Gasteiger partial charge in [0.05, 0.1) is 11.4 Å². The predicted octanol–water partition coefficient (Wildman–Crippen LogP) is -0.749. The van der Waals surface area contributed by atoms with Crippen LogP contribution in [0.25, 0.3) is 0 Å². The number of benzene rings is 1. The third-order valence-corrected chi connectivity index (χ3v) is 4.16. The summed E-state index contributed by atoms with van der Waals surface area (Å²) in [6.45, 7) is -0.249. The normalized spacial score (nSPS) is 11.7. The van der Waals surface area contributed by atoms with Gasteiger partial charge in [-0.25, -0.2) is 8.42 Å². The van der Waals surface area contributed by atoms with Gasteiger partial charge in [0.25, 0.3) is 0 Å². The summed E-state index contributed by atoms with van der Waals surface area (Å²) in [7, 11) is -2.43. The predicted molar refractivity (Wildman–Crippen MR) is 63.3 cm³/mol. The highest BCUT2D eigenvalue weighted by atomic mass is 32.2. The van der Waals surface area contributed by atoms with Gasteiger partial charge >= 0.3 is 0 Å². The molecule has 4 N–H and O–H groups in total. The second-order valence-electron chi connectivity index (χ2n) is 3.54. The minimum absolute atomic E-state index is 0.103. The van der Waals surface area contributed by atoms with Crippen LogP contribution < -0.4 is 11.5 Å². The summed E-state index contributed by atoms with van der Waals surface area (Å²) in [5.74, 6) is -0.707. The van der Waals surface area contributed by atoms with E-state index in [9.17, 15) is 13.2 Å². The molecule has 0 aliphatic heterocycles. The van der Waals surface area contributed by atoms with Crippen LogP contribution in [0.2, 0.25) is 0 Å². The summed E-state index contributed by atoms with van der Waals surface area (Å²) < 4.78 is 25.1. The molecule has 1 amide bonds. The van der Waals surface area contributed by atoms with Crippen molar-refractivity contribution < 1.29 is 13.2 Å². The number of nitrogens with two attached hydrogens (primary N) is 2. The molecule has 0 aromatic heterocycles. The van der Waals surface area contributed by atoms with Crippen molar-refractivity contribution in [2.45, 2.75) is 11.4 Å². The molecule has 7 heteroatoms. The molecule has 0 saturated carbocycles. The Morgan fingerprint density at radius 2 is 1.94 bits per heavy atom. The van der Waals surface area contributed by atoms with Crippen LogP contribution in [-0.4, -0.2) is 32.2 Å². The fourth-order valence-electron chi connectivity index (χ4n) is 1.40. The molecule has 0 saturated heterocycles. The van der Waals surface area contributed by atoms with Crippen LogP contribution >= 0.6 is 0 Å². The fourth-order valence-corrected chi connectivity index (χ4v) is 2.76. The second kappa shape index (κ2) is 5.26. The topological polar surface area (TPSA) is 106 Å². The zero-order valence-electron chi connectivity index (χ0n) is 9.46. The Morgan fingerprint density at radius 3 is 2.47 bits per heavy atom. The van der Waals surface area contributed by atoms with Crippen molar-refractivity contribution in [2.24, 2.45) is 11.5 Å². The molecular weight excluding hydrogens is 242 g/mol. The number of amides is 1. The summed E-state index contributed by atoms with van der Waals surface area (Å²) >= 11 is 0. The van der Waals surface area contributed by atoms with Crippen molar-refractivity contribution in [1.29, 1.82) is 0 Å². The second-order valence-corrected chi connectivity index (χ2v) is 5.55. The molecule has 6 nitrogen and oxygen atoms in total. The Hall–Kier alpha value is -1.44. The molecule has 1 rings (SSSR count). The lowest BCUT2D eigenvalue weighted by Crippen LogP contribution is -2.35. The number of primary amides is 1. The fraction of sp³-hybridized carbons (Fsp3) is 0.300. The van der Waals surface area contributed by atoms with Crippen LogP contribution in [0.15, 0.2) is 29.2 Å². The van der Waals surface area contributed by atoms with E-state index >= 15 is 0 Å². The van der Waals surface area contributed by atoms with E-state index in [1.165, 1.54) is 13.1 Å². The van der Waals surface area contributed by atoms with Gasteiger partial charge in [0.2, 0.25) is 15.9 Å². The van der Waals surface area contributed by atoms with E-state index in [-0.39, 0.29) is 18.0 Å². The van der Waals surface area contributed by atoms with Gasteiger partial charge in [-0.1, -0.05) is 18.2 Å². The molecule has 0 atom stereocenters. The zero-order chi connectivity index (χ0) is 13.1. The molecule has 0 bridgehead atoms. The number of likely N-dealkylation sites (N-methyl/N-ethyl adjacent to an activating group) is 1. The molecule has 1 aromatic carbocycles.